The second kappa shape index (κ2) is 10.6. The number of rotatable bonds is 9. The number of unbranched alkanes of at least 4 members (excludes halogenated alkanes) is 1. The molecule has 0 bridgehead atoms. The van der Waals surface area contributed by atoms with E-state index >= 15 is 0 Å². The molecule has 1 aliphatic rings. The smallest absolute Gasteiger partial charge is 0.336 e. The molecule has 2 aromatic carbocycles. The molecule has 0 radical (unpaired) electrons. The Labute approximate surface area is 172 Å². The van der Waals surface area contributed by atoms with E-state index in [9.17, 15) is 9.90 Å². The summed E-state index contributed by atoms with van der Waals surface area (Å²) in [4.78, 5) is 13.8. The maximum Gasteiger partial charge on any atom is 0.336 e. The van der Waals surface area contributed by atoms with Gasteiger partial charge in [-0.1, -0.05) is 48.0 Å². The summed E-state index contributed by atoms with van der Waals surface area (Å²) in [6, 6.07) is 15.4. The summed E-state index contributed by atoms with van der Waals surface area (Å²) in [7, 11) is 0. The van der Waals surface area contributed by atoms with Crippen LogP contribution in [0.2, 0.25) is 5.02 Å². The van der Waals surface area contributed by atoms with Crippen LogP contribution in [-0.4, -0.2) is 41.7 Å². The molecule has 0 spiro atoms. The second-order valence-electron chi connectivity index (χ2n) is 7.37. The molecule has 1 fully saturated rings. The van der Waals surface area contributed by atoms with Crippen molar-refractivity contribution < 1.29 is 14.6 Å². The second-order valence-corrected chi connectivity index (χ2v) is 7.77. The number of carboxylic acids is 1. The molecule has 2 aromatic rings. The molecule has 3 rings (SSSR count). The zero-order valence-corrected chi connectivity index (χ0v) is 16.9. The van der Waals surface area contributed by atoms with Crippen molar-refractivity contribution in [2.75, 3.05) is 19.6 Å². The Kier molecular flexibility index (Phi) is 7.90. The van der Waals surface area contributed by atoms with Crippen LogP contribution < -0.4 is 0 Å². The van der Waals surface area contributed by atoms with Crippen LogP contribution in [0.5, 0.6) is 0 Å². The fraction of sp³-hybridized carbons (Fsp3) is 0.435. The fourth-order valence-corrected chi connectivity index (χ4v) is 4.01. The van der Waals surface area contributed by atoms with Crippen LogP contribution in [0.3, 0.4) is 0 Å². The zero-order valence-electron chi connectivity index (χ0n) is 16.1. The largest absolute Gasteiger partial charge is 0.478 e. The molecule has 1 saturated heterocycles. The van der Waals surface area contributed by atoms with Gasteiger partial charge in [0.05, 0.1) is 18.3 Å². The first-order valence-electron chi connectivity index (χ1n) is 10.0. The van der Waals surface area contributed by atoms with Crippen molar-refractivity contribution in [1.82, 2.24) is 4.90 Å². The molecule has 0 unspecified atom stereocenters. The van der Waals surface area contributed by atoms with Crippen molar-refractivity contribution in [3.05, 3.63) is 70.2 Å². The number of aromatic carboxylic acids is 1. The molecule has 5 heteroatoms. The molecule has 4 nitrogen and oxygen atoms in total. The summed E-state index contributed by atoms with van der Waals surface area (Å²) in [6.45, 7) is 3.85. The van der Waals surface area contributed by atoms with E-state index in [0.717, 1.165) is 50.9 Å². The van der Waals surface area contributed by atoms with E-state index in [1.54, 1.807) is 18.2 Å². The normalized spacial score (nSPS) is 15.6. The average Bonchev–Trinajstić information content (AvgIpc) is 2.72. The topological polar surface area (TPSA) is 49.8 Å². The van der Waals surface area contributed by atoms with Gasteiger partial charge in [0.2, 0.25) is 0 Å². The lowest BCUT2D eigenvalue weighted by atomic mass is 10.0. The number of nitrogens with zero attached hydrogens (tertiary/aromatic N) is 1. The van der Waals surface area contributed by atoms with Crippen LogP contribution >= 0.6 is 11.6 Å². The van der Waals surface area contributed by atoms with Gasteiger partial charge in [-0.2, -0.15) is 0 Å². The number of piperidine rings is 1. The number of carbonyl (C=O) groups is 1. The summed E-state index contributed by atoms with van der Waals surface area (Å²) in [5, 5.41) is 9.87. The lowest BCUT2D eigenvalue weighted by molar-refractivity contribution is -0.00262. The monoisotopic (exact) mass is 401 g/mol. The summed E-state index contributed by atoms with van der Waals surface area (Å²) in [5.74, 6) is -0.907. The van der Waals surface area contributed by atoms with Gasteiger partial charge in [-0.15, -0.1) is 0 Å². The highest BCUT2D eigenvalue weighted by atomic mass is 35.5. The Morgan fingerprint density at radius 3 is 2.54 bits per heavy atom. The minimum Gasteiger partial charge on any atom is -0.478 e. The van der Waals surface area contributed by atoms with E-state index < -0.39 is 5.97 Å². The van der Waals surface area contributed by atoms with E-state index in [1.165, 1.54) is 5.56 Å². The molecular weight excluding hydrogens is 374 g/mol. The van der Waals surface area contributed by atoms with E-state index in [4.69, 9.17) is 16.3 Å². The molecule has 150 valence electrons. The molecule has 1 aliphatic heterocycles. The maximum absolute atomic E-state index is 11.3. The predicted molar refractivity (Wildman–Crippen MR) is 112 cm³/mol. The van der Waals surface area contributed by atoms with E-state index in [1.807, 2.05) is 18.2 Å². The quantitative estimate of drug-likeness (QED) is 0.598. The standard InChI is InChI=1S/C23H28ClNO3/c24-22-11-6-10-21(23(26)27)20(22)9-4-5-14-25-15-12-19(13-16-25)28-17-18-7-2-1-3-8-18/h1-3,6-8,10-11,19H,4-5,9,12-17H2,(H,26,27). The number of halogens is 1. The number of ether oxygens (including phenoxy) is 1. The van der Waals surface area contributed by atoms with Gasteiger partial charge in [-0.05, 0) is 61.9 Å². The Bertz CT molecular complexity index is 758. The third-order valence-corrected chi connectivity index (χ3v) is 5.72. The van der Waals surface area contributed by atoms with Crippen molar-refractivity contribution in [2.45, 2.75) is 44.8 Å². The Balaban J connectivity index is 1.34. The number of benzene rings is 2. The van der Waals surface area contributed by atoms with Crippen molar-refractivity contribution in [2.24, 2.45) is 0 Å². The van der Waals surface area contributed by atoms with Crippen LogP contribution in [0.25, 0.3) is 0 Å². The lowest BCUT2D eigenvalue weighted by Gasteiger charge is -2.32. The molecule has 1 N–H and O–H groups in total. The Morgan fingerprint density at radius 1 is 1.07 bits per heavy atom. The number of hydrogen-bond acceptors (Lipinski definition) is 3. The predicted octanol–water partition coefficient (Wildman–Crippen LogP) is 5.04. The molecule has 0 aromatic heterocycles. The van der Waals surface area contributed by atoms with Gasteiger partial charge in [0, 0.05) is 18.1 Å². The molecule has 0 aliphatic carbocycles. The van der Waals surface area contributed by atoms with Gasteiger partial charge in [0.25, 0.3) is 0 Å². The van der Waals surface area contributed by atoms with Crippen molar-refractivity contribution in [1.29, 1.82) is 0 Å². The lowest BCUT2D eigenvalue weighted by Crippen LogP contribution is -2.37. The SMILES string of the molecule is O=C(O)c1cccc(Cl)c1CCCCN1CCC(OCc2ccccc2)CC1. The highest BCUT2D eigenvalue weighted by molar-refractivity contribution is 6.31. The maximum atomic E-state index is 11.3. The van der Waals surface area contributed by atoms with Gasteiger partial charge in [-0.3, -0.25) is 0 Å². The third-order valence-electron chi connectivity index (χ3n) is 5.36. The fourth-order valence-electron chi connectivity index (χ4n) is 3.74. The van der Waals surface area contributed by atoms with Gasteiger partial charge in [0.15, 0.2) is 0 Å². The molecule has 1 heterocycles. The third kappa shape index (κ3) is 6.06. The first-order chi connectivity index (χ1) is 13.6. The highest BCUT2D eigenvalue weighted by Crippen LogP contribution is 2.23. The molecule has 0 atom stereocenters. The number of carboxylic acid groups (broad SMARTS) is 1. The first-order valence-corrected chi connectivity index (χ1v) is 10.4. The van der Waals surface area contributed by atoms with Gasteiger partial charge in [-0.25, -0.2) is 4.79 Å². The number of hydrogen-bond donors (Lipinski definition) is 1. The minimum absolute atomic E-state index is 0.323. The van der Waals surface area contributed by atoms with Crippen LogP contribution in [0, 0.1) is 0 Å². The minimum atomic E-state index is -0.907. The first kappa shape index (κ1) is 20.8. The molecule has 0 amide bonds. The summed E-state index contributed by atoms with van der Waals surface area (Å²) < 4.78 is 6.05. The molecule has 28 heavy (non-hydrogen) atoms. The molecule has 0 saturated carbocycles. The summed E-state index contributed by atoms with van der Waals surface area (Å²) in [6.07, 6.45) is 5.17. The van der Waals surface area contributed by atoms with Gasteiger partial charge < -0.3 is 14.7 Å². The van der Waals surface area contributed by atoms with Crippen molar-refractivity contribution in [3.8, 4) is 0 Å². The van der Waals surface area contributed by atoms with Crippen LogP contribution in [0.1, 0.15) is 47.2 Å². The van der Waals surface area contributed by atoms with Crippen LogP contribution in [0.4, 0.5) is 0 Å². The average molecular weight is 402 g/mol. The summed E-state index contributed by atoms with van der Waals surface area (Å²) >= 11 is 6.20. The van der Waals surface area contributed by atoms with Gasteiger partial charge >= 0.3 is 5.97 Å². The summed E-state index contributed by atoms with van der Waals surface area (Å²) in [5.41, 5.74) is 2.30. The Morgan fingerprint density at radius 2 is 1.82 bits per heavy atom. The van der Waals surface area contributed by atoms with Gasteiger partial charge in [0.1, 0.15) is 0 Å². The highest BCUT2D eigenvalue weighted by Gasteiger charge is 2.19. The van der Waals surface area contributed by atoms with Crippen LogP contribution in [-0.2, 0) is 17.8 Å². The van der Waals surface area contributed by atoms with E-state index in [2.05, 4.69) is 17.0 Å². The zero-order chi connectivity index (χ0) is 19.8. The Hall–Kier alpha value is -1.88. The van der Waals surface area contributed by atoms with Crippen molar-refractivity contribution >= 4 is 17.6 Å². The number of likely N-dealkylation sites (tertiary alicyclic amines) is 1. The van der Waals surface area contributed by atoms with Crippen LogP contribution in [0.15, 0.2) is 48.5 Å². The van der Waals surface area contributed by atoms with E-state index in [0.29, 0.717) is 29.7 Å². The van der Waals surface area contributed by atoms with Crippen molar-refractivity contribution in [3.63, 3.8) is 0 Å². The van der Waals surface area contributed by atoms with E-state index in [-0.39, 0.29) is 0 Å². The molecular formula is C23H28ClNO3.